The van der Waals surface area contributed by atoms with Crippen LogP contribution in [-0.2, 0) is 0 Å². The summed E-state index contributed by atoms with van der Waals surface area (Å²) in [7, 11) is 3.21. The molecule has 0 spiro atoms. The predicted molar refractivity (Wildman–Crippen MR) is 91.8 cm³/mol. The van der Waals surface area contributed by atoms with Crippen LogP contribution >= 0.6 is 0 Å². The first-order valence-electron chi connectivity index (χ1n) is 7.29. The highest BCUT2D eigenvalue weighted by Gasteiger charge is 2.21. The molecule has 2 N–H and O–H groups in total. The molecule has 1 heterocycles. The average molecular weight is 320 g/mol. The van der Waals surface area contributed by atoms with Crippen LogP contribution in [0.5, 0.6) is 11.5 Å². The van der Waals surface area contributed by atoms with Crippen molar-refractivity contribution in [3.05, 3.63) is 54.1 Å². The van der Waals surface area contributed by atoms with Gasteiger partial charge in [-0.15, -0.1) is 0 Å². The summed E-state index contributed by atoms with van der Waals surface area (Å²) >= 11 is 0. The van der Waals surface area contributed by atoms with Crippen LogP contribution in [0.4, 0.5) is 5.88 Å². The molecule has 0 fully saturated rings. The molecule has 0 aliphatic rings. The van der Waals surface area contributed by atoms with Crippen molar-refractivity contribution in [3.63, 3.8) is 0 Å². The van der Waals surface area contributed by atoms with E-state index in [-0.39, 0.29) is 5.88 Å². The molecule has 0 amide bonds. The SMILES string of the molecule is COc1ccc(-c2oc(N)c(C#N)c2-c2ccc(OC)cc2)cc1. The Balaban J connectivity index is 2.17. The number of methoxy groups -OCH3 is 2. The van der Waals surface area contributed by atoms with Crippen LogP contribution in [0.25, 0.3) is 22.5 Å². The first-order valence-corrected chi connectivity index (χ1v) is 7.29. The molecule has 120 valence electrons. The standard InChI is InChI=1S/C19H16N2O3/c1-22-14-7-3-12(4-8-14)17-16(11-20)19(21)24-18(17)13-5-9-15(23-2)10-6-13/h3-10H,21H2,1-2H3. The Bertz CT molecular complexity index is 888. The van der Waals surface area contributed by atoms with E-state index in [2.05, 4.69) is 6.07 Å². The van der Waals surface area contributed by atoms with Crippen molar-refractivity contribution in [2.24, 2.45) is 0 Å². The van der Waals surface area contributed by atoms with Crippen LogP contribution < -0.4 is 15.2 Å². The Morgan fingerprint density at radius 3 is 1.83 bits per heavy atom. The van der Waals surface area contributed by atoms with E-state index in [0.717, 1.165) is 22.6 Å². The smallest absolute Gasteiger partial charge is 0.209 e. The van der Waals surface area contributed by atoms with Gasteiger partial charge in [0.1, 0.15) is 28.9 Å². The zero-order valence-corrected chi connectivity index (χ0v) is 13.4. The molecule has 24 heavy (non-hydrogen) atoms. The molecule has 0 radical (unpaired) electrons. The number of anilines is 1. The fourth-order valence-corrected chi connectivity index (χ4v) is 2.54. The monoisotopic (exact) mass is 320 g/mol. The van der Waals surface area contributed by atoms with E-state index in [1.54, 1.807) is 14.2 Å². The second-order valence-electron chi connectivity index (χ2n) is 5.11. The number of nitriles is 1. The van der Waals surface area contributed by atoms with Gasteiger partial charge >= 0.3 is 0 Å². The van der Waals surface area contributed by atoms with E-state index in [9.17, 15) is 5.26 Å². The zero-order valence-electron chi connectivity index (χ0n) is 13.4. The first-order chi connectivity index (χ1) is 11.7. The van der Waals surface area contributed by atoms with Gasteiger partial charge in [0.25, 0.3) is 0 Å². The van der Waals surface area contributed by atoms with E-state index in [4.69, 9.17) is 19.6 Å². The lowest BCUT2D eigenvalue weighted by Gasteiger charge is -2.06. The van der Waals surface area contributed by atoms with Crippen LogP contribution in [0, 0.1) is 11.3 Å². The van der Waals surface area contributed by atoms with Crippen molar-refractivity contribution in [1.82, 2.24) is 0 Å². The van der Waals surface area contributed by atoms with Crippen LogP contribution in [0.1, 0.15) is 5.56 Å². The third-order valence-corrected chi connectivity index (χ3v) is 3.78. The van der Waals surface area contributed by atoms with Crippen LogP contribution in [0.2, 0.25) is 0 Å². The van der Waals surface area contributed by atoms with Gasteiger partial charge < -0.3 is 19.6 Å². The van der Waals surface area contributed by atoms with E-state index in [1.165, 1.54) is 0 Å². The summed E-state index contributed by atoms with van der Waals surface area (Å²) in [5.41, 5.74) is 8.54. The van der Waals surface area contributed by atoms with Gasteiger partial charge in [-0.1, -0.05) is 12.1 Å². The van der Waals surface area contributed by atoms with Crippen molar-refractivity contribution in [2.45, 2.75) is 0 Å². The number of hydrogen-bond donors (Lipinski definition) is 1. The quantitative estimate of drug-likeness (QED) is 0.783. The lowest BCUT2D eigenvalue weighted by molar-refractivity contribution is 0.414. The molecule has 0 bridgehead atoms. The predicted octanol–water partition coefficient (Wildman–Crippen LogP) is 4.08. The summed E-state index contributed by atoms with van der Waals surface area (Å²) in [6, 6.07) is 16.9. The average Bonchev–Trinajstić information content (AvgIpc) is 2.98. The Hall–Kier alpha value is -3.39. The van der Waals surface area contributed by atoms with Gasteiger partial charge in [0, 0.05) is 11.1 Å². The lowest BCUT2D eigenvalue weighted by Crippen LogP contribution is -1.88. The summed E-state index contributed by atoms with van der Waals surface area (Å²) < 4.78 is 16.0. The van der Waals surface area contributed by atoms with Gasteiger partial charge in [0.2, 0.25) is 5.88 Å². The maximum absolute atomic E-state index is 9.47. The summed E-state index contributed by atoms with van der Waals surface area (Å²) in [5, 5.41) is 9.47. The number of furan rings is 1. The molecule has 5 heteroatoms. The number of nitrogens with zero attached hydrogens (tertiary/aromatic N) is 1. The summed E-state index contributed by atoms with van der Waals surface area (Å²) in [5.74, 6) is 2.13. The van der Waals surface area contributed by atoms with Crippen molar-refractivity contribution < 1.29 is 13.9 Å². The van der Waals surface area contributed by atoms with E-state index in [0.29, 0.717) is 16.9 Å². The van der Waals surface area contributed by atoms with E-state index < -0.39 is 0 Å². The number of rotatable bonds is 4. The van der Waals surface area contributed by atoms with E-state index in [1.807, 2.05) is 48.5 Å². The van der Waals surface area contributed by atoms with Crippen molar-refractivity contribution >= 4 is 5.88 Å². The molecule has 1 aromatic heterocycles. The normalized spacial score (nSPS) is 10.2. The molecule has 0 saturated heterocycles. The third kappa shape index (κ3) is 2.66. The van der Waals surface area contributed by atoms with Gasteiger partial charge in [-0.05, 0) is 42.0 Å². The molecular formula is C19H16N2O3. The number of nitrogen functional groups attached to an aromatic ring is 1. The number of benzene rings is 2. The minimum Gasteiger partial charge on any atom is -0.497 e. The molecule has 3 aromatic rings. The highest BCUT2D eigenvalue weighted by Crippen LogP contribution is 2.40. The topological polar surface area (TPSA) is 81.4 Å². The highest BCUT2D eigenvalue weighted by molar-refractivity contribution is 5.88. The highest BCUT2D eigenvalue weighted by atomic mass is 16.5. The maximum Gasteiger partial charge on any atom is 0.209 e. The van der Waals surface area contributed by atoms with E-state index >= 15 is 0 Å². The minimum absolute atomic E-state index is 0.106. The number of ether oxygens (including phenoxy) is 2. The van der Waals surface area contributed by atoms with Crippen LogP contribution in [-0.4, -0.2) is 14.2 Å². The fraction of sp³-hybridized carbons (Fsp3) is 0.105. The molecule has 0 atom stereocenters. The van der Waals surface area contributed by atoms with Gasteiger partial charge in [-0.2, -0.15) is 5.26 Å². The fourth-order valence-electron chi connectivity index (χ4n) is 2.54. The Morgan fingerprint density at radius 2 is 1.38 bits per heavy atom. The summed E-state index contributed by atoms with van der Waals surface area (Å²) in [6.07, 6.45) is 0. The second-order valence-corrected chi connectivity index (χ2v) is 5.11. The molecule has 2 aromatic carbocycles. The minimum atomic E-state index is 0.106. The molecule has 0 aliphatic carbocycles. The van der Waals surface area contributed by atoms with Gasteiger partial charge in [0.15, 0.2) is 0 Å². The van der Waals surface area contributed by atoms with Crippen molar-refractivity contribution in [1.29, 1.82) is 5.26 Å². The molecule has 0 aliphatic heterocycles. The number of nitrogens with two attached hydrogens (primary N) is 1. The van der Waals surface area contributed by atoms with Gasteiger partial charge in [-0.3, -0.25) is 0 Å². The Morgan fingerprint density at radius 1 is 0.875 bits per heavy atom. The Kier molecular flexibility index (Phi) is 4.13. The van der Waals surface area contributed by atoms with Crippen LogP contribution in [0.3, 0.4) is 0 Å². The maximum atomic E-state index is 9.47. The summed E-state index contributed by atoms with van der Waals surface area (Å²) in [6.45, 7) is 0. The Labute approximate surface area is 139 Å². The van der Waals surface area contributed by atoms with Gasteiger partial charge in [0.05, 0.1) is 14.2 Å². The molecule has 3 rings (SSSR count). The largest absolute Gasteiger partial charge is 0.497 e. The molecule has 5 nitrogen and oxygen atoms in total. The molecule has 0 unspecified atom stereocenters. The van der Waals surface area contributed by atoms with Gasteiger partial charge in [-0.25, -0.2) is 0 Å². The summed E-state index contributed by atoms with van der Waals surface area (Å²) in [4.78, 5) is 0. The molecular weight excluding hydrogens is 304 g/mol. The van der Waals surface area contributed by atoms with Crippen molar-refractivity contribution in [3.8, 4) is 40.0 Å². The first kappa shape index (κ1) is 15.5. The zero-order chi connectivity index (χ0) is 17.1. The number of hydrogen-bond acceptors (Lipinski definition) is 5. The lowest BCUT2D eigenvalue weighted by atomic mass is 9.98. The molecule has 0 saturated carbocycles. The van der Waals surface area contributed by atoms with Crippen molar-refractivity contribution in [2.75, 3.05) is 20.0 Å². The van der Waals surface area contributed by atoms with Crippen LogP contribution in [0.15, 0.2) is 52.9 Å². The third-order valence-electron chi connectivity index (χ3n) is 3.78. The second kappa shape index (κ2) is 6.39.